The highest BCUT2D eigenvalue weighted by atomic mass is 19.4. The Labute approximate surface area is 216 Å². The van der Waals surface area contributed by atoms with Crippen molar-refractivity contribution < 1.29 is 46.1 Å². The summed E-state index contributed by atoms with van der Waals surface area (Å²) in [6, 6.07) is 3.53. The van der Waals surface area contributed by atoms with E-state index in [-0.39, 0.29) is 17.2 Å². The fourth-order valence-corrected chi connectivity index (χ4v) is 5.03. The summed E-state index contributed by atoms with van der Waals surface area (Å²) in [5, 5.41) is 11.8. The molecule has 2 fully saturated rings. The van der Waals surface area contributed by atoms with Crippen LogP contribution in [0.3, 0.4) is 0 Å². The number of alkyl halides is 3. The first kappa shape index (κ1) is 28.2. The Morgan fingerprint density at radius 2 is 2.05 bits per heavy atom. The lowest BCUT2D eigenvalue weighted by Crippen LogP contribution is -2.47. The average Bonchev–Trinajstić information content (AvgIpc) is 3.49. The second-order valence-corrected chi connectivity index (χ2v) is 9.76. The molecule has 0 aliphatic carbocycles. The zero-order chi connectivity index (χ0) is 27.8. The van der Waals surface area contributed by atoms with Crippen molar-refractivity contribution in [2.45, 2.75) is 56.9 Å². The minimum Gasteiger partial charge on any atom is -0.488 e. The van der Waals surface area contributed by atoms with Crippen molar-refractivity contribution in [3.8, 4) is 5.75 Å². The maximum Gasteiger partial charge on any atom is 0.417 e. The van der Waals surface area contributed by atoms with Gasteiger partial charge in [-0.25, -0.2) is 4.39 Å². The van der Waals surface area contributed by atoms with E-state index < -0.39 is 66.2 Å². The highest BCUT2D eigenvalue weighted by Crippen LogP contribution is 2.55. The molecule has 2 saturated heterocycles. The van der Waals surface area contributed by atoms with Gasteiger partial charge in [-0.3, -0.25) is 9.78 Å². The number of nitrogens with zero attached hydrogens (tertiary/aromatic N) is 1. The van der Waals surface area contributed by atoms with Gasteiger partial charge in [-0.05, 0) is 38.0 Å². The van der Waals surface area contributed by atoms with Gasteiger partial charge in [0.05, 0.1) is 24.6 Å². The number of aromatic nitrogens is 1. The monoisotopic (exact) mass is 544 g/mol. The molecular weight excluding hydrogens is 515 g/mol. The number of rotatable bonds is 7. The molecule has 5 atom stereocenters. The number of aliphatic hydroxyl groups is 1. The molecule has 4 rings (SSSR count). The van der Waals surface area contributed by atoms with E-state index in [1.165, 1.54) is 6.92 Å². The van der Waals surface area contributed by atoms with E-state index in [9.17, 15) is 26.7 Å². The van der Waals surface area contributed by atoms with Crippen LogP contribution in [-0.2, 0) is 14.3 Å². The van der Waals surface area contributed by atoms with Gasteiger partial charge >= 0.3 is 6.18 Å². The van der Waals surface area contributed by atoms with Gasteiger partial charge in [-0.15, -0.1) is 0 Å². The number of aliphatic hydroxyl groups excluding tert-OH is 1. The lowest BCUT2D eigenvalue weighted by atomic mass is 9.77. The first-order valence-electron chi connectivity index (χ1n) is 12.2. The summed E-state index contributed by atoms with van der Waals surface area (Å²) in [6.07, 6.45) is -4.20. The van der Waals surface area contributed by atoms with Crippen molar-refractivity contribution in [2.24, 2.45) is 5.92 Å². The molecule has 0 unspecified atom stereocenters. The van der Waals surface area contributed by atoms with Crippen molar-refractivity contribution in [3.63, 3.8) is 0 Å². The van der Waals surface area contributed by atoms with Crippen molar-refractivity contribution in [1.29, 1.82) is 0 Å². The van der Waals surface area contributed by atoms with E-state index in [1.807, 2.05) is 0 Å². The summed E-state index contributed by atoms with van der Waals surface area (Å²) >= 11 is 0. The first-order valence-corrected chi connectivity index (χ1v) is 12.2. The van der Waals surface area contributed by atoms with Gasteiger partial charge in [0, 0.05) is 36.1 Å². The minimum atomic E-state index is -4.88. The topological polar surface area (TPSA) is 89.9 Å². The van der Waals surface area contributed by atoms with Crippen molar-refractivity contribution in [1.82, 2.24) is 4.98 Å². The third kappa shape index (κ3) is 5.08. The SMILES string of the molecule is Cc1ncc([C@@H]2CCOC2)cc1NC(=O)[C@@H]1O[C@@](C)(C(F)(F)F)[C@@H](C)[C@H]1c1ccc(F)c(F)c1OCCO. The molecule has 3 heterocycles. The number of hydrogen-bond donors (Lipinski definition) is 2. The highest BCUT2D eigenvalue weighted by Gasteiger charge is 2.66. The molecule has 12 heteroatoms. The number of amides is 1. The molecular formula is C26H29F5N2O5. The summed E-state index contributed by atoms with van der Waals surface area (Å²) in [6.45, 7) is 3.77. The molecule has 2 aliphatic heterocycles. The third-order valence-corrected chi connectivity index (χ3v) is 7.47. The van der Waals surface area contributed by atoms with Gasteiger partial charge in [-0.2, -0.15) is 17.6 Å². The molecule has 0 bridgehead atoms. The third-order valence-electron chi connectivity index (χ3n) is 7.47. The van der Waals surface area contributed by atoms with Crippen molar-refractivity contribution >= 4 is 11.6 Å². The van der Waals surface area contributed by atoms with Gasteiger partial charge < -0.3 is 24.6 Å². The summed E-state index contributed by atoms with van der Waals surface area (Å²) in [5.74, 6) is -7.01. The summed E-state index contributed by atoms with van der Waals surface area (Å²) in [7, 11) is 0. The second-order valence-electron chi connectivity index (χ2n) is 9.76. The van der Waals surface area contributed by atoms with Gasteiger partial charge in [0.15, 0.2) is 17.2 Å². The number of pyridine rings is 1. The quantitative estimate of drug-likeness (QED) is 0.495. The Balaban J connectivity index is 1.74. The molecule has 1 aromatic carbocycles. The number of ether oxygens (including phenoxy) is 3. The Morgan fingerprint density at radius 3 is 2.68 bits per heavy atom. The van der Waals surface area contributed by atoms with Crippen LogP contribution in [0, 0.1) is 24.5 Å². The Hall–Kier alpha value is -2.83. The Bertz CT molecular complexity index is 1190. The van der Waals surface area contributed by atoms with Crippen LogP contribution in [0.1, 0.15) is 48.9 Å². The maximum atomic E-state index is 14.7. The zero-order valence-electron chi connectivity index (χ0n) is 21.1. The summed E-state index contributed by atoms with van der Waals surface area (Å²) in [5.41, 5.74) is -1.43. The molecule has 2 N–H and O–H groups in total. The molecule has 1 aromatic heterocycles. The number of anilines is 1. The first-order chi connectivity index (χ1) is 17.9. The number of carbonyl (C=O) groups excluding carboxylic acids is 1. The van der Waals surface area contributed by atoms with E-state index >= 15 is 0 Å². The van der Waals surface area contributed by atoms with Crippen LogP contribution in [0.5, 0.6) is 5.75 Å². The van der Waals surface area contributed by atoms with E-state index in [1.54, 1.807) is 19.2 Å². The van der Waals surface area contributed by atoms with Gasteiger partial charge in [0.25, 0.3) is 5.91 Å². The minimum absolute atomic E-state index is 0.0659. The number of benzene rings is 1. The number of carbonyl (C=O) groups is 1. The van der Waals surface area contributed by atoms with E-state index in [0.29, 0.717) is 18.9 Å². The van der Waals surface area contributed by atoms with Crippen LogP contribution < -0.4 is 10.1 Å². The van der Waals surface area contributed by atoms with Crippen LogP contribution >= 0.6 is 0 Å². The van der Waals surface area contributed by atoms with Crippen molar-refractivity contribution in [3.05, 3.63) is 52.9 Å². The van der Waals surface area contributed by atoms with Crippen LogP contribution in [0.4, 0.5) is 27.6 Å². The highest BCUT2D eigenvalue weighted by molar-refractivity contribution is 5.96. The van der Waals surface area contributed by atoms with Gasteiger partial charge in [0.1, 0.15) is 12.7 Å². The number of hydrogen-bond acceptors (Lipinski definition) is 6. The van der Waals surface area contributed by atoms with Crippen LogP contribution in [0.2, 0.25) is 0 Å². The van der Waals surface area contributed by atoms with Crippen molar-refractivity contribution in [2.75, 3.05) is 31.7 Å². The largest absolute Gasteiger partial charge is 0.488 e. The van der Waals surface area contributed by atoms with E-state index in [2.05, 4.69) is 10.3 Å². The summed E-state index contributed by atoms with van der Waals surface area (Å²) in [4.78, 5) is 17.8. The van der Waals surface area contributed by atoms with E-state index in [0.717, 1.165) is 31.0 Å². The van der Waals surface area contributed by atoms with Crippen LogP contribution in [0.25, 0.3) is 0 Å². The van der Waals surface area contributed by atoms with Crippen LogP contribution in [0.15, 0.2) is 24.4 Å². The number of aryl methyl sites for hydroxylation is 1. The predicted octanol–water partition coefficient (Wildman–Crippen LogP) is 4.62. The molecule has 38 heavy (non-hydrogen) atoms. The lowest BCUT2D eigenvalue weighted by molar-refractivity contribution is -0.272. The number of nitrogens with one attached hydrogen (secondary N) is 1. The normalized spacial score (nSPS) is 27.5. The molecule has 7 nitrogen and oxygen atoms in total. The smallest absolute Gasteiger partial charge is 0.417 e. The van der Waals surface area contributed by atoms with E-state index in [4.69, 9.17) is 19.3 Å². The number of halogens is 5. The molecule has 2 aliphatic rings. The average molecular weight is 545 g/mol. The fraction of sp³-hybridized carbons (Fsp3) is 0.538. The van der Waals surface area contributed by atoms with Gasteiger partial charge in [0.2, 0.25) is 5.82 Å². The molecule has 0 radical (unpaired) electrons. The second kappa shape index (κ2) is 10.7. The Morgan fingerprint density at radius 1 is 1.32 bits per heavy atom. The standard InChI is InChI=1S/C26H29F5N2O5/c1-13-20(17-4-5-18(27)21(28)22(17)37-9-7-34)23(38-25(13,3)26(29,30)31)24(35)33-19-10-16(11-32-14(19)2)15-6-8-36-12-15/h4-5,10-11,13,15,20,23,34H,6-9,12H2,1-3H3,(H,33,35)/t13-,15+,20-,23+,25+/m0/s1. The molecule has 1 amide bonds. The molecule has 2 aromatic rings. The molecule has 208 valence electrons. The molecule has 0 spiro atoms. The molecule has 0 saturated carbocycles. The summed E-state index contributed by atoms with van der Waals surface area (Å²) < 4.78 is 87.4. The maximum absolute atomic E-state index is 14.7. The fourth-order valence-electron chi connectivity index (χ4n) is 5.03. The zero-order valence-corrected chi connectivity index (χ0v) is 21.1. The lowest BCUT2D eigenvalue weighted by Gasteiger charge is -2.32. The van der Waals surface area contributed by atoms with Gasteiger partial charge in [-0.1, -0.05) is 13.0 Å². The van der Waals surface area contributed by atoms with Crippen LogP contribution in [-0.4, -0.2) is 60.3 Å². The Kier molecular flexibility index (Phi) is 7.96. The predicted molar refractivity (Wildman–Crippen MR) is 126 cm³/mol.